The number of benzene rings is 2. The van der Waals surface area contributed by atoms with Crippen LogP contribution in [0.25, 0.3) is 21.8 Å². The summed E-state index contributed by atoms with van der Waals surface area (Å²) in [5, 5.41) is 16.2. The molecule has 2 aromatic heterocycles. The molecule has 0 saturated heterocycles. The zero-order valence-electron chi connectivity index (χ0n) is 15.2. The summed E-state index contributed by atoms with van der Waals surface area (Å²) in [7, 11) is 1.64. The lowest BCUT2D eigenvalue weighted by Crippen LogP contribution is -2.24. The molecule has 144 valence electrons. The molecule has 2 heterocycles. The van der Waals surface area contributed by atoms with Gasteiger partial charge in [-0.05, 0) is 52.3 Å². The van der Waals surface area contributed by atoms with Crippen molar-refractivity contribution in [2.24, 2.45) is 0 Å². The second-order valence-electron chi connectivity index (χ2n) is 6.56. The van der Waals surface area contributed by atoms with Crippen molar-refractivity contribution in [1.29, 1.82) is 0 Å². The van der Waals surface area contributed by atoms with E-state index in [0.29, 0.717) is 13.1 Å². The van der Waals surface area contributed by atoms with E-state index in [2.05, 4.69) is 58.9 Å². The Bertz CT molecular complexity index is 1080. The van der Waals surface area contributed by atoms with Crippen LogP contribution >= 0.6 is 31.9 Å². The van der Waals surface area contributed by atoms with Crippen LogP contribution in [-0.4, -0.2) is 34.4 Å². The maximum absolute atomic E-state index is 10.7. The Balaban J connectivity index is 1.61. The van der Waals surface area contributed by atoms with Crippen LogP contribution in [0.5, 0.6) is 5.75 Å². The fraction of sp³-hybridized carbons (Fsp3) is 0.190. The SMILES string of the molecule is COc1cccc(NCC(O)Cn2c3ccc(Br)cc3c3cc(Br)ncc32)c1. The van der Waals surface area contributed by atoms with Crippen LogP contribution in [0, 0.1) is 0 Å². The Kier molecular flexibility index (Phi) is 5.57. The molecule has 0 bridgehead atoms. The van der Waals surface area contributed by atoms with Gasteiger partial charge in [-0.2, -0.15) is 0 Å². The van der Waals surface area contributed by atoms with Crippen LogP contribution < -0.4 is 10.1 Å². The molecule has 1 atom stereocenters. The van der Waals surface area contributed by atoms with E-state index in [1.54, 1.807) is 7.11 Å². The number of methoxy groups -OCH3 is 1. The van der Waals surface area contributed by atoms with Crippen molar-refractivity contribution in [3.8, 4) is 5.75 Å². The van der Waals surface area contributed by atoms with E-state index >= 15 is 0 Å². The van der Waals surface area contributed by atoms with E-state index in [-0.39, 0.29) is 0 Å². The zero-order chi connectivity index (χ0) is 19.7. The van der Waals surface area contributed by atoms with E-state index in [1.807, 2.05) is 42.6 Å². The van der Waals surface area contributed by atoms with Crippen molar-refractivity contribution in [3.63, 3.8) is 0 Å². The maximum Gasteiger partial charge on any atom is 0.120 e. The minimum atomic E-state index is -0.572. The Labute approximate surface area is 179 Å². The molecule has 2 N–H and O–H groups in total. The first-order chi connectivity index (χ1) is 13.5. The number of hydrogen-bond acceptors (Lipinski definition) is 4. The standard InChI is InChI=1S/C21H19Br2N3O2/c1-28-16-4-2-3-14(8-16)24-10-15(27)12-26-19-6-5-13(22)7-17(19)18-9-21(23)25-11-20(18)26/h2-9,11,15,24,27H,10,12H2,1H3. The van der Waals surface area contributed by atoms with Crippen molar-refractivity contribution in [2.45, 2.75) is 12.6 Å². The Hall–Kier alpha value is -2.09. The van der Waals surface area contributed by atoms with Gasteiger partial charge in [-0.1, -0.05) is 22.0 Å². The number of pyridine rings is 1. The number of nitrogens with one attached hydrogen (secondary N) is 1. The highest BCUT2D eigenvalue weighted by molar-refractivity contribution is 9.10. The molecule has 0 aliphatic carbocycles. The Morgan fingerprint density at radius 3 is 2.75 bits per heavy atom. The second-order valence-corrected chi connectivity index (χ2v) is 8.29. The minimum absolute atomic E-state index is 0.425. The molecule has 4 rings (SSSR count). The maximum atomic E-state index is 10.7. The molecule has 0 fully saturated rings. The van der Waals surface area contributed by atoms with Crippen LogP contribution in [0.1, 0.15) is 0 Å². The fourth-order valence-electron chi connectivity index (χ4n) is 3.38. The predicted molar refractivity (Wildman–Crippen MR) is 120 cm³/mol. The minimum Gasteiger partial charge on any atom is -0.497 e. The van der Waals surface area contributed by atoms with Gasteiger partial charge < -0.3 is 19.7 Å². The summed E-state index contributed by atoms with van der Waals surface area (Å²) in [5.41, 5.74) is 2.98. The molecule has 0 aliphatic rings. The van der Waals surface area contributed by atoms with Crippen molar-refractivity contribution >= 4 is 59.4 Å². The number of nitrogens with zero attached hydrogens (tertiary/aromatic N) is 2. The number of ether oxygens (including phenoxy) is 1. The predicted octanol–water partition coefficient (Wildman–Crippen LogP) is 5.20. The third kappa shape index (κ3) is 3.87. The topological polar surface area (TPSA) is 59.3 Å². The van der Waals surface area contributed by atoms with E-state index in [4.69, 9.17) is 4.74 Å². The second kappa shape index (κ2) is 8.11. The van der Waals surface area contributed by atoms with Gasteiger partial charge in [0.2, 0.25) is 0 Å². The normalized spacial score (nSPS) is 12.4. The number of aliphatic hydroxyl groups is 1. The van der Waals surface area contributed by atoms with Gasteiger partial charge in [0.05, 0.1) is 31.5 Å². The van der Waals surface area contributed by atoms with Crippen LogP contribution in [0.15, 0.2) is 63.8 Å². The molecule has 0 saturated carbocycles. The zero-order valence-corrected chi connectivity index (χ0v) is 18.4. The molecular weight excluding hydrogens is 486 g/mol. The van der Waals surface area contributed by atoms with E-state index in [9.17, 15) is 5.11 Å². The first-order valence-corrected chi connectivity index (χ1v) is 10.4. The summed E-state index contributed by atoms with van der Waals surface area (Å²) >= 11 is 7.01. The van der Waals surface area contributed by atoms with Gasteiger partial charge >= 0.3 is 0 Å². The third-order valence-electron chi connectivity index (χ3n) is 4.68. The summed E-state index contributed by atoms with van der Waals surface area (Å²) < 4.78 is 9.17. The van der Waals surface area contributed by atoms with Gasteiger partial charge in [-0.25, -0.2) is 4.98 Å². The molecule has 4 aromatic rings. The number of anilines is 1. The van der Waals surface area contributed by atoms with Gasteiger partial charge in [0.15, 0.2) is 0 Å². The highest BCUT2D eigenvalue weighted by atomic mass is 79.9. The number of aromatic nitrogens is 2. The third-order valence-corrected chi connectivity index (χ3v) is 5.61. The largest absolute Gasteiger partial charge is 0.497 e. The van der Waals surface area contributed by atoms with Crippen molar-refractivity contribution in [1.82, 2.24) is 9.55 Å². The average molecular weight is 505 g/mol. The summed E-state index contributed by atoms with van der Waals surface area (Å²) in [5.74, 6) is 0.782. The number of rotatable bonds is 6. The van der Waals surface area contributed by atoms with Crippen LogP contribution in [0.2, 0.25) is 0 Å². The van der Waals surface area contributed by atoms with Gasteiger partial charge in [0.25, 0.3) is 0 Å². The van der Waals surface area contributed by atoms with Crippen molar-refractivity contribution < 1.29 is 9.84 Å². The monoisotopic (exact) mass is 503 g/mol. The average Bonchev–Trinajstić information content (AvgIpc) is 2.99. The smallest absolute Gasteiger partial charge is 0.120 e. The van der Waals surface area contributed by atoms with Crippen molar-refractivity contribution in [2.75, 3.05) is 19.0 Å². The Morgan fingerprint density at radius 2 is 1.93 bits per heavy atom. The first-order valence-electron chi connectivity index (χ1n) is 8.84. The molecule has 0 aliphatic heterocycles. The van der Waals surface area contributed by atoms with Crippen molar-refractivity contribution in [3.05, 3.63) is 63.8 Å². The highest BCUT2D eigenvalue weighted by Gasteiger charge is 2.15. The van der Waals surface area contributed by atoms with E-state index < -0.39 is 6.10 Å². The molecule has 1 unspecified atom stereocenters. The molecule has 28 heavy (non-hydrogen) atoms. The summed E-state index contributed by atoms with van der Waals surface area (Å²) in [6.07, 6.45) is 1.27. The molecule has 2 aromatic carbocycles. The van der Waals surface area contributed by atoms with Gasteiger partial charge in [0.1, 0.15) is 10.4 Å². The molecule has 0 radical (unpaired) electrons. The fourth-order valence-corrected chi connectivity index (χ4v) is 4.08. The number of fused-ring (bicyclic) bond motifs is 3. The number of halogens is 2. The molecule has 0 spiro atoms. The number of aliphatic hydroxyl groups excluding tert-OH is 1. The lowest BCUT2D eigenvalue weighted by molar-refractivity contribution is 0.169. The molecule has 7 heteroatoms. The lowest BCUT2D eigenvalue weighted by Gasteiger charge is -2.16. The molecule has 0 amide bonds. The summed E-state index contributed by atoms with van der Waals surface area (Å²) in [6.45, 7) is 0.886. The van der Waals surface area contributed by atoms with Gasteiger partial charge in [0, 0.05) is 39.1 Å². The highest BCUT2D eigenvalue weighted by Crippen LogP contribution is 2.32. The van der Waals surface area contributed by atoms with Gasteiger partial charge in [-0.15, -0.1) is 0 Å². The van der Waals surface area contributed by atoms with Gasteiger partial charge in [-0.3, -0.25) is 0 Å². The summed E-state index contributed by atoms with van der Waals surface area (Å²) in [4.78, 5) is 4.38. The summed E-state index contributed by atoms with van der Waals surface area (Å²) in [6, 6.07) is 15.9. The van der Waals surface area contributed by atoms with E-state index in [0.717, 1.165) is 42.3 Å². The lowest BCUT2D eigenvalue weighted by atomic mass is 10.2. The van der Waals surface area contributed by atoms with Crippen LogP contribution in [-0.2, 0) is 6.54 Å². The Morgan fingerprint density at radius 1 is 1.11 bits per heavy atom. The number of hydrogen-bond donors (Lipinski definition) is 2. The van der Waals surface area contributed by atoms with Crippen LogP contribution in [0.4, 0.5) is 5.69 Å². The van der Waals surface area contributed by atoms with E-state index in [1.165, 1.54) is 0 Å². The van der Waals surface area contributed by atoms with Crippen LogP contribution in [0.3, 0.4) is 0 Å². The quantitative estimate of drug-likeness (QED) is 0.354. The molecular formula is C21H19Br2N3O2. The molecule has 5 nitrogen and oxygen atoms in total. The first kappa shape index (κ1) is 19.2.